The molecule has 0 fully saturated rings. The highest BCUT2D eigenvalue weighted by molar-refractivity contribution is 5.92. The molecule has 0 aromatic heterocycles. The topological polar surface area (TPSA) is 72.8 Å². The Labute approximate surface area is 258 Å². The van der Waals surface area contributed by atoms with Gasteiger partial charge in [0.15, 0.2) is 6.10 Å². The molecule has 8 heteroatoms. The largest absolute Gasteiger partial charge is 0.494 e. The van der Waals surface area contributed by atoms with Crippen LogP contribution in [-0.4, -0.2) is 35.9 Å². The van der Waals surface area contributed by atoms with Crippen molar-refractivity contribution in [1.29, 1.82) is 0 Å². The van der Waals surface area contributed by atoms with Crippen molar-refractivity contribution in [2.45, 2.75) is 96.8 Å². The van der Waals surface area contributed by atoms with Crippen LogP contribution in [0, 0.1) is 0 Å². The van der Waals surface area contributed by atoms with Crippen molar-refractivity contribution in [3.05, 3.63) is 77.9 Å². The maximum Gasteiger partial charge on any atom is 0.425 e. The third-order valence-corrected chi connectivity index (χ3v) is 7.57. The van der Waals surface area contributed by atoms with Gasteiger partial charge in [0.25, 0.3) is 0 Å². The predicted molar refractivity (Wildman–Crippen MR) is 167 cm³/mol. The molecule has 0 bridgehead atoms. The van der Waals surface area contributed by atoms with Crippen molar-refractivity contribution in [2.24, 2.45) is 0 Å². The second-order valence-corrected chi connectivity index (χ2v) is 11.1. The highest BCUT2D eigenvalue weighted by Crippen LogP contribution is 2.36. The molecule has 0 heterocycles. The Kier molecular flexibility index (Phi) is 13.8. The normalized spacial score (nSPS) is 12.1. The number of aromatic carboxylic acids is 1. The zero-order chi connectivity index (χ0) is 32.0. The fourth-order valence-electron chi connectivity index (χ4n) is 5.00. The molecule has 3 aromatic rings. The van der Waals surface area contributed by atoms with Crippen LogP contribution in [0.2, 0.25) is 0 Å². The zero-order valence-electron chi connectivity index (χ0n) is 25.6. The molecule has 0 aliphatic rings. The summed E-state index contributed by atoms with van der Waals surface area (Å²) < 4.78 is 51.7. The van der Waals surface area contributed by atoms with Crippen molar-refractivity contribution >= 4 is 11.9 Å². The molecule has 0 radical (unpaired) electrons. The summed E-state index contributed by atoms with van der Waals surface area (Å²) in [6.45, 7) is 4.73. The van der Waals surface area contributed by atoms with Gasteiger partial charge in [0.1, 0.15) is 5.75 Å². The maximum absolute atomic E-state index is 13.6. The van der Waals surface area contributed by atoms with Gasteiger partial charge in [-0.25, -0.2) is 9.59 Å². The van der Waals surface area contributed by atoms with Gasteiger partial charge in [0.05, 0.1) is 17.7 Å². The lowest BCUT2D eigenvalue weighted by molar-refractivity contribution is -0.206. The van der Waals surface area contributed by atoms with Crippen LogP contribution in [0.3, 0.4) is 0 Å². The Bertz CT molecular complexity index is 1320. The molecule has 0 saturated heterocycles. The van der Waals surface area contributed by atoms with Gasteiger partial charge in [-0.3, -0.25) is 0 Å². The number of benzene rings is 3. The minimum atomic E-state index is -4.64. The predicted octanol–water partition coefficient (Wildman–Crippen LogP) is 10.5. The number of esters is 1. The molecule has 0 saturated carbocycles. The molecule has 44 heavy (non-hydrogen) atoms. The Morgan fingerprint density at radius 2 is 1.25 bits per heavy atom. The molecule has 1 unspecified atom stereocenters. The summed E-state index contributed by atoms with van der Waals surface area (Å²) in [6, 6.07) is 18.4. The van der Waals surface area contributed by atoms with Crippen LogP contribution in [0.15, 0.2) is 66.7 Å². The average molecular weight is 613 g/mol. The van der Waals surface area contributed by atoms with Gasteiger partial charge in [-0.1, -0.05) is 95.5 Å². The summed E-state index contributed by atoms with van der Waals surface area (Å²) in [5.41, 5.74) is 3.28. The SMILES string of the molecule is CCCCCCCCOc1ccc(-c2ccc(C(=O)O)cc2)c(-c2ccc(C(=O)OC(CCCCCC)C(F)(F)F)cc2)c1. The number of unbranched alkanes of at least 4 members (excludes halogenated alkanes) is 8. The van der Waals surface area contributed by atoms with Crippen LogP contribution in [0.25, 0.3) is 22.3 Å². The molecule has 0 aliphatic heterocycles. The molecule has 0 spiro atoms. The van der Waals surface area contributed by atoms with Crippen LogP contribution in [-0.2, 0) is 4.74 Å². The third kappa shape index (κ3) is 10.7. The quantitative estimate of drug-likeness (QED) is 0.114. The van der Waals surface area contributed by atoms with E-state index in [1.165, 1.54) is 49.9 Å². The first-order chi connectivity index (χ1) is 21.1. The number of carboxylic acid groups (broad SMARTS) is 1. The van der Waals surface area contributed by atoms with Gasteiger partial charge in [-0.2, -0.15) is 13.2 Å². The molecule has 1 atom stereocenters. The van der Waals surface area contributed by atoms with Gasteiger partial charge in [0.2, 0.25) is 0 Å². The van der Waals surface area contributed by atoms with Crippen molar-refractivity contribution in [3.8, 4) is 28.0 Å². The fraction of sp³-hybridized carbons (Fsp3) is 0.444. The van der Waals surface area contributed by atoms with Crippen LogP contribution in [0.4, 0.5) is 13.2 Å². The summed E-state index contributed by atoms with van der Waals surface area (Å²) in [7, 11) is 0. The molecular weight excluding hydrogens is 569 g/mol. The van der Waals surface area contributed by atoms with E-state index in [0.29, 0.717) is 25.2 Å². The number of alkyl halides is 3. The zero-order valence-corrected chi connectivity index (χ0v) is 25.6. The van der Waals surface area contributed by atoms with E-state index in [1.54, 1.807) is 24.3 Å². The van der Waals surface area contributed by atoms with Crippen LogP contribution >= 0.6 is 0 Å². The highest BCUT2D eigenvalue weighted by Gasteiger charge is 2.42. The number of halogens is 3. The average Bonchev–Trinajstić information content (AvgIpc) is 3.01. The second-order valence-electron chi connectivity index (χ2n) is 11.1. The number of hydrogen-bond donors (Lipinski definition) is 1. The summed E-state index contributed by atoms with van der Waals surface area (Å²) in [5, 5.41) is 9.30. The fourth-order valence-corrected chi connectivity index (χ4v) is 5.00. The lowest BCUT2D eigenvalue weighted by Gasteiger charge is -2.21. The van der Waals surface area contributed by atoms with E-state index in [9.17, 15) is 27.9 Å². The van der Waals surface area contributed by atoms with Crippen LogP contribution in [0.5, 0.6) is 5.75 Å². The lowest BCUT2D eigenvalue weighted by Crippen LogP contribution is -2.33. The minimum absolute atomic E-state index is 0.0272. The summed E-state index contributed by atoms with van der Waals surface area (Å²) in [4.78, 5) is 24.1. The summed E-state index contributed by atoms with van der Waals surface area (Å²) >= 11 is 0. The number of ether oxygens (including phenoxy) is 2. The number of carbonyl (C=O) groups excluding carboxylic acids is 1. The van der Waals surface area contributed by atoms with Crippen molar-refractivity contribution in [1.82, 2.24) is 0 Å². The van der Waals surface area contributed by atoms with Crippen molar-refractivity contribution in [3.63, 3.8) is 0 Å². The molecule has 0 aliphatic carbocycles. The van der Waals surface area contributed by atoms with E-state index in [-0.39, 0.29) is 17.5 Å². The molecule has 3 aromatic carbocycles. The highest BCUT2D eigenvalue weighted by atomic mass is 19.4. The van der Waals surface area contributed by atoms with E-state index >= 15 is 0 Å². The van der Waals surface area contributed by atoms with Crippen LogP contribution < -0.4 is 4.74 Å². The standard InChI is InChI=1S/C36H43F3O5/c1-3-5-7-9-10-12-24-43-30-22-23-31(26-14-18-28(19-15-26)34(40)41)32(25-30)27-16-20-29(21-17-27)35(42)44-33(36(37,38)39)13-11-8-6-4-2/h14-23,25,33H,3-13,24H2,1-2H3,(H,40,41). The molecule has 238 valence electrons. The summed E-state index contributed by atoms with van der Waals surface area (Å²) in [5.74, 6) is -1.37. The van der Waals surface area contributed by atoms with Gasteiger partial charge in [-0.05, 0) is 77.9 Å². The molecule has 0 amide bonds. The van der Waals surface area contributed by atoms with E-state index in [4.69, 9.17) is 9.47 Å². The smallest absolute Gasteiger partial charge is 0.425 e. The van der Waals surface area contributed by atoms with Crippen molar-refractivity contribution < 1.29 is 37.3 Å². The second kappa shape index (κ2) is 17.5. The molecule has 1 N–H and O–H groups in total. The number of rotatable bonds is 18. The Morgan fingerprint density at radius 3 is 1.84 bits per heavy atom. The first kappa shape index (κ1) is 34.7. The molecular formula is C36H43F3O5. The Morgan fingerprint density at radius 1 is 0.705 bits per heavy atom. The van der Waals surface area contributed by atoms with E-state index in [2.05, 4.69) is 6.92 Å². The van der Waals surface area contributed by atoms with Gasteiger partial charge < -0.3 is 14.6 Å². The van der Waals surface area contributed by atoms with E-state index in [1.807, 2.05) is 25.1 Å². The third-order valence-electron chi connectivity index (χ3n) is 7.57. The Balaban J connectivity index is 1.81. The number of hydrogen-bond acceptors (Lipinski definition) is 4. The first-order valence-corrected chi connectivity index (χ1v) is 15.6. The van der Waals surface area contributed by atoms with Gasteiger partial charge in [0, 0.05) is 0 Å². The minimum Gasteiger partial charge on any atom is -0.494 e. The lowest BCUT2D eigenvalue weighted by atomic mass is 9.93. The number of carboxylic acids is 1. The maximum atomic E-state index is 13.6. The van der Waals surface area contributed by atoms with Gasteiger partial charge in [-0.15, -0.1) is 0 Å². The number of carbonyl (C=O) groups is 2. The summed E-state index contributed by atoms with van der Waals surface area (Å²) in [6.07, 6.45) is 2.51. The first-order valence-electron chi connectivity index (χ1n) is 15.6. The van der Waals surface area contributed by atoms with E-state index in [0.717, 1.165) is 47.9 Å². The van der Waals surface area contributed by atoms with Gasteiger partial charge >= 0.3 is 18.1 Å². The Hall–Kier alpha value is -3.81. The monoisotopic (exact) mass is 612 g/mol. The molecule has 5 nitrogen and oxygen atoms in total. The van der Waals surface area contributed by atoms with Crippen molar-refractivity contribution in [2.75, 3.05) is 6.61 Å². The van der Waals surface area contributed by atoms with Crippen LogP contribution in [0.1, 0.15) is 105 Å². The van der Waals surface area contributed by atoms with E-state index < -0.39 is 24.2 Å². The molecule has 3 rings (SSSR count).